The molecular formula is C21H24N4O2. The molecular weight excluding hydrogens is 340 g/mol. The third kappa shape index (κ3) is 3.22. The molecule has 6 heteroatoms. The maximum Gasteiger partial charge on any atom is 0.339 e. The zero-order chi connectivity index (χ0) is 18.7. The molecule has 140 valence electrons. The number of imidazole rings is 1. The summed E-state index contributed by atoms with van der Waals surface area (Å²) in [5, 5.41) is 5.50. The van der Waals surface area contributed by atoms with Crippen LogP contribution in [0, 0.1) is 0 Å². The van der Waals surface area contributed by atoms with Gasteiger partial charge in [0.05, 0.1) is 0 Å². The second kappa shape index (κ2) is 7.50. The number of hydrogen-bond donors (Lipinski definition) is 2. The van der Waals surface area contributed by atoms with Crippen molar-refractivity contribution >= 4 is 16.7 Å². The Hall–Kier alpha value is -2.70. The first-order valence-electron chi connectivity index (χ1n) is 9.41. The number of aromatic nitrogens is 2. The van der Waals surface area contributed by atoms with E-state index >= 15 is 0 Å². The van der Waals surface area contributed by atoms with Crippen LogP contribution in [-0.4, -0.2) is 47.0 Å². The van der Waals surface area contributed by atoms with Gasteiger partial charge in [-0.25, -0.2) is 9.78 Å². The van der Waals surface area contributed by atoms with Gasteiger partial charge in [0.1, 0.15) is 11.6 Å². The number of benzene rings is 2. The quantitative estimate of drug-likeness (QED) is 0.538. The van der Waals surface area contributed by atoms with E-state index in [0.717, 1.165) is 37.0 Å². The lowest BCUT2D eigenvalue weighted by Gasteiger charge is -2.42. The third-order valence-corrected chi connectivity index (χ3v) is 5.33. The maximum atomic E-state index is 13.5. The zero-order valence-electron chi connectivity index (χ0n) is 15.4. The summed E-state index contributed by atoms with van der Waals surface area (Å²) in [5.74, 6) is 0.896. The van der Waals surface area contributed by atoms with Gasteiger partial charge in [-0.3, -0.25) is 4.90 Å². The summed E-state index contributed by atoms with van der Waals surface area (Å²) in [4.78, 5) is 23.2. The molecule has 1 aliphatic heterocycles. The summed E-state index contributed by atoms with van der Waals surface area (Å²) in [6.45, 7) is 5.21. The number of H-pyrrole nitrogens is 1. The van der Waals surface area contributed by atoms with Crippen molar-refractivity contribution in [3.63, 3.8) is 0 Å². The van der Waals surface area contributed by atoms with E-state index in [2.05, 4.69) is 20.2 Å². The van der Waals surface area contributed by atoms with Crippen LogP contribution in [0.25, 0.3) is 10.8 Å². The van der Waals surface area contributed by atoms with Crippen LogP contribution in [-0.2, 0) is 10.3 Å². The number of nitrogens with zero attached hydrogens (tertiary/aromatic N) is 2. The number of carbonyl (C=O) groups excluding carboxylic acids is 1. The Bertz CT molecular complexity index is 919. The Labute approximate surface area is 158 Å². The Morgan fingerprint density at radius 1 is 1.19 bits per heavy atom. The number of fused-ring (bicyclic) bond motifs is 1. The Balaban J connectivity index is 1.69. The SMILES string of the molecule is CCC(C(=O)Oc1ccc2ccccc2c1)(c1ncc[nH]1)N1CCNCC1. The summed E-state index contributed by atoms with van der Waals surface area (Å²) in [5.41, 5.74) is -0.919. The van der Waals surface area contributed by atoms with Crippen molar-refractivity contribution < 1.29 is 9.53 Å². The number of esters is 1. The number of ether oxygens (including phenoxy) is 1. The van der Waals surface area contributed by atoms with Gasteiger partial charge in [0.2, 0.25) is 0 Å². The van der Waals surface area contributed by atoms with Gasteiger partial charge in [-0.1, -0.05) is 37.3 Å². The van der Waals surface area contributed by atoms with Crippen molar-refractivity contribution in [2.45, 2.75) is 18.9 Å². The summed E-state index contributed by atoms with van der Waals surface area (Å²) in [7, 11) is 0. The molecule has 4 rings (SSSR count). The Morgan fingerprint density at radius 3 is 2.67 bits per heavy atom. The predicted octanol–water partition coefficient (Wildman–Crippen LogP) is 2.68. The molecule has 0 radical (unpaired) electrons. The van der Waals surface area contributed by atoms with Crippen LogP contribution in [0.4, 0.5) is 0 Å². The van der Waals surface area contributed by atoms with E-state index in [9.17, 15) is 4.79 Å². The smallest absolute Gasteiger partial charge is 0.339 e. The largest absolute Gasteiger partial charge is 0.425 e. The van der Waals surface area contributed by atoms with Crippen molar-refractivity contribution in [1.29, 1.82) is 0 Å². The van der Waals surface area contributed by atoms with E-state index in [1.54, 1.807) is 12.4 Å². The molecule has 3 aromatic rings. The molecule has 1 fully saturated rings. The van der Waals surface area contributed by atoms with Crippen LogP contribution in [0.1, 0.15) is 19.2 Å². The second-order valence-electron chi connectivity index (χ2n) is 6.79. The molecule has 6 nitrogen and oxygen atoms in total. The van der Waals surface area contributed by atoms with E-state index in [1.165, 1.54) is 0 Å². The van der Waals surface area contributed by atoms with Crippen LogP contribution in [0.5, 0.6) is 5.75 Å². The lowest BCUT2D eigenvalue weighted by molar-refractivity contribution is -0.151. The highest BCUT2D eigenvalue weighted by molar-refractivity contribution is 5.87. The molecule has 0 saturated carbocycles. The van der Waals surface area contributed by atoms with Gasteiger partial charge >= 0.3 is 5.97 Å². The number of nitrogens with one attached hydrogen (secondary N) is 2. The van der Waals surface area contributed by atoms with E-state index in [1.807, 2.05) is 49.4 Å². The molecule has 0 spiro atoms. The van der Waals surface area contributed by atoms with E-state index in [0.29, 0.717) is 18.0 Å². The highest BCUT2D eigenvalue weighted by Gasteiger charge is 2.48. The zero-order valence-corrected chi connectivity index (χ0v) is 15.4. The molecule has 0 bridgehead atoms. The Morgan fingerprint density at radius 2 is 1.96 bits per heavy atom. The average molecular weight is 364 g/mol. The fourth-order valence-electron chi connectivity index (χ4n) is 3.87. The fraction of sp³-hybridized carbons (Fsp3) is 0.333. The third-order valence-electron chi connectivity index (χ3n) is 5.33. The first-order chi connectivity index (χ1) is 13.2. The number of rotatable bonds is 5. The molecule has 2 N–H and O–H groups in total. The summed E-state index contributed by atoms with van der Waals surface area (Å²) in [6.07, 6.45) is 4.02. The molecule has 1 aliphatic rings. The molecule has 2 aromatic carbocycles. The van der Waals surface area contributed by atoms with Crippen molar-refractivity contribution in [2.75, 3.05) is 26.2 Å². The molecule has 2 heterocycles. The van der Waals surface area contributed by atoms with Crippen LogP contribution in [0.3, 0.4) is 0 Å². The summed E-state index contributed by atoms with van der Waals surface area (Å²) >= 11 is 0. The highest BCUT2D eigenvalue weighted by atomic mass is 16.5. The number of hydrogen-bond acceptors (Lipinski definition) is 5. The van der Waals surface area contributed by atoms with Crippen LogP contribution < -0.4 is 10.1 Å². The number of piperazine rings is 1. The summed E-state index contributed by atoms with van der Waals surface area (Å²) in [6, 6.07) is 13.8. The molecule has 27 heavy (non-hydrogen) atoms. The Kier molecular flexibility index (Phi) is 4.92. The molecule has 1 aromatic heterocycles. The molecule has 1 saturated heterocycles. The normalized spacial score (nSPS) is 17.5. The van der Waals surface area contributed by atoms with Crippen LogP contribution >= 0.6 is 0 Å². The van der Waals surface area contributed by atoms with E-state index < -0.39 is 5.54 Å². The lowest BCUT2D eigenvalue weighted by Crippen LogP contribution is -2.59. The topological polar surface area (TPSA) is 70.2 Å². The van der Waals surface area contributed by atoms with Crippen LogP contribution in [0.15, 0.2) is 54.9 Å². The van der Waals surface area contributed by atoms with Gasteiger partial charge in [-0.2, -0.15) is 0 Å². The first kappa shape index (κ1) is 17.7. The predicted molar refractivity (Wildman–Crippen MR) is 105 cm³/mol. The molecule has 1 atom stereocenters. The summed E-state index contributed by atoms with van der Waals surface area (Å²) < 4.78 is 5.89. The number of aromatic amines is 1. The van der Waals surface area contributed by atoms with Gasteiger partial charge in [-0.15, -0.1) is 0 Å². The maximum absolute atomic E-state index is 13.5. The minimum Gasteiger partial charge on any atom is -0.425 e. The first-order valence-corrected chi connectivity index (χ1v) is 9.41. The van der Waals surface area contributed by atoms with Crippen molar-refractivity contribution in [3.05, 3.63) is 60.7 Å². The van der Waals surface area contributed by atoms with Crippen molar-refractivity contribution in [2.24, 2.45) is 0 Å². The van der Waals surface area contributed by atoms with E-state index in [-0.39, 0.29) is 5.97 Å². The minimum atomic E-state index is -0.919. The number of carbonyl (C=O) groups is 1. The molecule has 0 amide bonds. The van der Waals surface area contributed by atoms with E-state index in [4.69, 9.17) is 4.74 Å². The van der Waals surface area contributed by atoms with Crippen molar-refractivity contribution in [3.8, 4) is 5.75 Å². The average Bonchev–Trinajstić information content (AvgIpc) is 3.25. The fourth-order valence-corrected chi connectivity index (χ4v) is 3.87. The van der Waals surface area contributed by atoms with Crippen molar-refractivity contribution in [1.82, 2.24) is 20.2 Å². The molecule has 0 aliphatic carbocycles. The van der Waals surface area contributed by atoms with Gasteiger partial charge < -0.3 is 15.0 Å². The lowest BCUT2D eigenvalue weighted by atomic mass is 9.91. The van der Waals surface area contributed by atoms with Crippen LogP contribution in [0.2, 0.25) is 0 Å². The van der Waals surface area contributed by atoms with Gasteiger partial charge in [0, 0.05) is 38.6 Å². The highest BCUT2D eigenvalue weighted by Crippen LogP contribution is 2.33. The molecule has 1 unspecified atom stereocenters. The monoisotopic (exact) mass is 364 g/mol. The standard InChI is InChI=1S/C21H24N4O2/c1-2-21(19-23-9-10-24-19,25-13-11-22-12-14-25)20(26)27-18-8-7-16-5-3-4-6-17(16)15-18/h3-10,15,22H,2,11-14H2,1H3,(H,23,24). The second-order valence-corrected chi connectivity index (χ2v) is 6.79. The van der Waals surface area contributed by atoms with Gasteiger partial charge in [-0.05, 0) is 29.3 Å². The minimum absolute atomic E-state index is 0.294. The van der Waals surface area contributed by atoms with Gasteiger partial charge in [0.15, 0.2) is 5.54 Å². The van der Waals surface area contributed by atoms with Gasteiger partial charge in [0.25, 0.3) is 0 Å².